The summed E-state index contributed by atoms with van der Waals surface area (Å²) in [5, 5.41) is 10.3. The molecule has 3 aromatic rings. The smallest absolute Gasteiger partial charge is 0.341 e. The number of nitrogens with zero attached hydrogens (tertiary/aromatic N) is 1. The lowest BCUT2D eigenvalue weighted by Gasteiger charge is -2.21. The average molecular weight is 416 g/mol. The maximum atomic E-state index is 14.9. The van der Waals surface area contributed by atoms with Crippen LogP contribution in [-0.2, 0) is 6.54 Å². The van der Waals surface area contributed by atoms with Crippen molar-refractivity contribution in [3.8, 4) is 28.1 Å². The van der Waals surface area contributed by atoms with Crippen LogP contribution in [-0.4, -0.2) is 22.8 Å². The highest BCUT2D eigenvalue weighted by Crippen LogP contribution is 2.33. The van der Waals surface area contributed by atoms with E-state index in [-0.39, 0.29) is 22.6 Å². The Balaban J connectivity index is 2.46. The van der Waals surface area contributed by atoms with Crippen LogP contribution in [0, 0.1) is 12.7 Å². The van der Waals surface area contributed by atoms with Crippen LogP contribution >= 0.6 is 11.6 Å². The number of carboxylic acid groups (broad SMARTS) is 1. The Morgan fingerprint density at radius 3 is 2.41 bits per heavy atom. The Morgan fingerprint density at radius 1 is 1.21 bits per heavy atom. The average Bonchev–Trinajstić information content (AvgIpc) is 2.69. The van der Waals surface area contributed by atoms with Crippen molar-refractivity contribution in [2.45, 2.75) is 20.4 Å². The van der Waals surface area contributed by atoms with E-state index in [1.807, 2.05) is 6.92 Å². The Morgan fingerprint density at radius 2 is 1.86 bits per heavy atom. The largest absolute Gasteiger partial charge is 0.494 e. The molecule has 2 aromatic carbocycles. The first kappa shape index (κ1) is 20.6. The van der Waals surface area contributed by atoms with Crippen molar-refractivity contribution >= 4 is 17.6 Å². The van der Waals surface area contributed by atoms with Crippen molar-refractivity contribution in [2.24, 2.45) is 0 Å². The van der Waals surface area contributed by atoms with Crippen molar-refractivity contribution in [3.63, 3.8) is 0 Å². The second-order valence-corrected chi connectivity index (χ2v) is 6.83. The monoisotopic (exact) mass is 415 g/mol. The van der Waals surface area contributed by atoms with Crippen LogP contribution in [0.5, 0.6) is 5.75 Å². The topological polar surface area (TPSA) is 68.5 Å². The SMILES string of the molecule is CCn1c(C)c(-c2cccc(OC)c2F)c(=O)c(C(=O)O)c1-c1ccc(Cl)cc1. The highest BCUT2D eigenvalue weighted by Gasteiger charge is 2.27. The van der Waals surface area contributed by atoms with E-state index in [1.165, 1.54) is 19.2 Å². The zero-order valence-corrected chi connectivity index (χ0v) is 16.9. The van der Waals surface area contributed by atoms with Crippen LogP contribution in [0.1, 0.15) is 23.0 Å². The van der Waals surface area contributed by atoms with Gasteiger partial charge < -0.3 is 14.4 Å². The van der Waals surface area contributed by atoms with Gasteiger partial charge >= 0.3 is 5.97 Å². The summed E-state index contributed by atoms with van der Waals surface area (Å²) >= 11 is 5.95. The minimum atomic E-state index is -1.38. The fourth-order valence-electron chi connectivity index (χ4n) is 3.51. The highest BCUT2D eigenvalue weighted by molar-refractivity contribution is 6.30. The van der Waals surface area contributed by atoms with Crippen molar-refractivity contribution in [1.82, 2.24) is 4.57 Å². The van der Waals surface area contributed by atoms with Gasteiger partial charge in [0.25, 0.3) is 0 Å². The van der Waals surface area contributed by atoms with Gasteiger partial charge in [0.15, 0.2) is 11.6 Å². The van der Waals surface area contributed by atoms with Crippen molar-refractivity contribution in [2.75, 3.05) is 7.11 Å². The number of ether oxygens (including phenoxy) is 1. The number of hydrogen-bond donors (Lipinski definition) is 1. The Kier molecular flexibility index (Phi) is 5.75. The number of methoxy groups -OCH3 is 1. The molecule has 0 aliphatic heterocycles. The Labute approximate surface area is 171 Å². The van der Waals surface area contributed by atoms with E-state index in [2.05, 4.69) is 0 Å². The first-order chi connectivity index (χ1) is 13.8. The van der Waals surface area contributed by atoms with Crippen LogP contribution in [0.2, 0.25) is 5.02 Å². The molecule has 0 unspecified atom stereocenters. The summed E-state index contributed by atoms with van der Waals surface area (Å²) in [7, 11) is 1.33. The Bertz CT molecular complexity index is 1150. The van der Waals surface area contributed by atoms with Crippen LogP contribution in [0.4, 0.5) is 4.39 Å². The maximum absolute atomic E-state index is 14.9. The van der Waals surface area contributed by atoms with Gasteiger partial charge in [0.1, 0.15) is 5.56 Å². The molecule has 0 fully saturated rings. The van der Waals surface area contributed by atoms with Crippen LogP contribution < -0.4 is 10.2 Å². The third-order valence-electron chi connectivity index (χ3n) is 4.83. The molecule has 5 nitrogen and oxygen atoms in total. The molecule has 0 bridgehead atoms. The zero-order valence-electron chi connectivity index (χ0n) is 16.1. The standard InChI is InChI=1S/C22H19ClFNO4/c1-4-25-12(2)17(15-6-5-7-16(29-3)19(15)24)21(26)18(22(27)28)20(25)13-8-10-14(23)11-9-13/h5-11H,4H2,1-3H3,(H,27,28). The van der Waals surface area contributed by atoms with E-state index in [4.69, 9.17) is 16.3 Å². The molecule has 0 atom stereocenters. The molecule has 0 radical (unpaired) electrons. The van der Waals surface area contributed by atoms with Gasteiger partial charge in [-0.15, -0.1) is 0 Å². The van der Waals surface area contributed by atoms with Crippen molar-refractivity contribution in [1.29, 1.82) is 0 Å². The molecular formula is C22H19ClFNO4. The van der Waals surface area contributed by atoms with Crippen LogP contribution in [0.3, 0.4) is 0 Å². The minimum Gasteiger partial charge on any atom is -0.494 e. The number of aromatic carboxylic acids is 1. The van der Waals surface area contributed by atoms with Gasteiger partial charge in [-0.3, -0.25) is 4.79 Å². The first-order valence-electron chi connectivity index (χ1n) is 8.91. The number of carbonyl (C=O) groups is 1. The summed E-state index contributed by atoms with van der Waals surface area (Å²) in [5.41, 5.74) is 0.0729. The number of aromatic nitrogens is 1. The highest BCUT2D eigenvalue weighted by atomic mass is 35.5. The summed E-state index contributed by atoms with van der Waals surface area (Å²) in [5.74, 6) is -2.12. The van der Waals surface area contributed by atoms with E-state index in [1.54, 1.807) is 41.8 Å². The summed E-state index contributed by atoms with van der Waals surface area (Å²) in [6.45, 7) is 3.88. The fraction of sp³-hybridized carbons (Fsp3) is 0.182. The molecule has 29 heavy (non-hydrogen) atoms. The molecular weight excluding hydrogens is 397 g/mol. The number of benzene rings is 2. The summed E-state index contributed by atoms with van der Waals surface area (Å²) in [6, 6.07) is 11.0. The van der Waals surface area contributed by atoms with E-state index in [0.717, 1.165) is 0 Å². The minimum absolute atomic E-state index is 0.000735. The van der Waals surface area contributed by atoms with Crippen LogP contribution in [0.15, 0.2) is 47.3 Å². The molecule has 1 N–H and O–H groups in total. The van der Waals surface area contributed by atoms with Crippen LogP contribution in [0.25, 0.3) is 22.4 Å². The van der Waals surface area contributed by atoms with E-state index >= 15 is 0 Å². The fourth-order valence-corrected chi connectivity index (χ4v) is 3.64. The molecule has 0 aliphatic rings. The lowest BCUT2D eigenvalue weighted by molar-refractivity contribution is 0.0695. The van der Waals surface area contributed by atoms with Crippen molar-refractivity contribution < 1.29 is 19.0 Å². The van der Waals surface area contributed by atoms with Gasteiger partial charge in [-0.05, 0) is 37.6 Å². The zero-order chi connectivity index (χ0) is 21.3. The molecule has 7 heteroatoms. The molecule has 0 saturated carbocycles. The number of carboxylic acids is 1. The molecule has 0 aliphatic carbocycles. The first-order valence-corrected chi connectivity index (χ1v) is 9.29. The molecule has 0 saturated heterocycles. The van der Waals surface area contributed by atoms with Gasteiger partial charge in [-0.25, -0.2) is 9.18 Å². The third kappa shape index (κ3) is 3.51. The van der Waals surface area contributed by atoms with Gasteiger partial charge in [-0.2, -0.15) is 0 Å². The lowest BCUT2D eigenvalue weighted by Crippen LogP contribution is -2.25. The summed E-state index contributed by atoms with van der Waals surface area (Å²) in [6.07, 6.45) is 0. The van der Waals surface area contributed by atoms with Gasteiger partial charge in [0, 0.05) is 22.8 Å². The van der Waals surface area contributed by atoms with E-state index < -0.39 is 22.8 Å². The molecule has 3 rings (SSSR count). The Hall–Kier alpha value is -3.12. The van der Waals surface area contributed by atoms with Crippen molar-refractivity contribution in [3.05, 3.63) is 74.8 Å². The second kappa shape index (κ2) is 8.09. The van der Waals surface area contributed by atoms with E-state index in [0.29, 0.717) is 22.8 Å². The third-order valence-corrected chi connectivity index (χ3v) is 5.08. The molecule has 150 valence electrons. The number of rotatable bonds is 5. The maximum Gasteiger partial charge on any atom is 0.341 e. The van der Waals surface area contributed by atoms with E-state index in [9.17, 15) is 19.1 Å². The molecule has 1 heterocycles. The second-order valence-electron chi connectivity index (χ2n) is 6.39. The normalized spacial score (nSPS) is 10.8. The predicted molar refractivity (Wildman–Crippen MR) is 110 cm³/mol. The predicted octanol–water partition coefficient (Wildman–Crippen LogP) is 5.01. The van der Waals surface area contributed by atoms with Gasteiger partial charge in [0.2, 0.25) is 5.43 Å². The number of hydrogen-bond acceptors (Lipinski definition) is 3. The van der Waals surface area contributed by atoms with Gasteiger partial charge in [-0.1, -0.05) is 35.9 Å². The summed E-state index contributed by atoms with van der Waals surface area (Å²) < 4.78 is 21.6. The molecule has 0 amide bonds. The number of pyridine rings is 1. The number of halogens is 2. The quantitative estimate of drug-likeness (QED) is 0.636. The molecule has 0 spiro atoms. The van der Waals surface area contributed by atoms with Gasteiger partial charge in [0.05, 0.1) is 18.4 Å². The lowest BCUT2D eigenvalue weighted by atomic mass is 9.95. The molecule has 1 aromatic heterocycles. The summed E-state index contributed by atoms with van der Waals surface area (Å²) in [4.78, 5) is 25.4.